The molecule has 0 aromatic carbocycles. The first-order valence-corrected chi connectivity index (χ1v) is 6.55. The van der Waals surface area contributed by atoms with E-state index in [0.29, 0.717) is 6.04 Å². The second kappa shape index (κ2) is 4.42. The smallest absolute Gasteiger partial charge is 0.0771 e. The lowest BCUT2D eigenvalue weighted by Crippen LogP contribution is -2.46. The van der Waals surface area contributed by atoms with E-state index in [1.807, 2.05) is 0 Å². The Bertz CT molecular complexity index is 205. The highest BCUT2D eigenvalue weighted by Gasteiger charge is 2.34. The summed E-state index contributed by atoms with van der Waals surface area (Å²) in [6.07, 6.45) is 7.11. The zero-order chi connectivity index (χ0) is 10.9. The molecule has 0 heterocycles. The molecular formula is C13H25NO. The normalized spacial score (nSPS) is 39.0. The SMILES string of the molecule is CC1CCC(O)(CNC(C)C2CC2)CC1. The number of aliphatic hydroxyl groups is 1. The molecule has 2 nitrogen and oxygen atoms in total. The molecule has 15 heavy (non-hydrogen) atoms. The van der Waals surface area contributed by atoms with Crippen molar-refractivity contribution in [3.63, 3.8) is 0 Å². The van der Waals surface area contributed by atoms with Gasteiger partial charge in [-0.1, -0.05) is 6.92 Å². The van der Waals surface area contributed by atoms with Crippen LogP contribution in [0.15, 0.2) is 0 Å². The molecule has 1 unspecified atom stereocenters. The van der Waals surface area contributed by atoms with Crippen LogP contribution in [0, 0.1) is 11.8 Å². The highest BCUT2D eigenvalue weighted by atomic mass is 16.3. The van der Waals surface area contributed by atoms with E-state index in [2.05, 4.69) is 19.2 Å². The van der Waals surface area contributed by atoms with Crippen molar-refractivity contribution in [2.45, 2.75) is 64.0 Å². The van der Waals surface area contributed by atoms with Crippen LogP contribution in [0.1, 0.15) is 52.4 Å². The third kappa shape index (κ3) is 3.18. The Labute approximate surface area is 93.5 Å². The van der Waals surface area contributed by atoms with E-state index >= 15 is 0 Å². The number of nitrogens with one attached hydrogen (secondary N) is 1. The van der Waals surface area contributed by atoms with Crippen molar-refractivity contribution < 1.29 is 5.11 Å². The second-order valence-corrected chi connectivity index (χ2v) is 5.91. The van der Waals surface area contributed by atoms with Crippen LogP contribution >= 0.6 is 0 Å². The van der Waals surface area contributed by atoms with Crippen molar-refractivity contribution in [1.82, 2.24) is 5.32 Å². The van der Waals surface area contributed by atoms with Crippen molar-refractivity contribution in [3.8, 4) is 0 Å². The minimum absolute atomic E-state index is 0.407. The van der Waals surface area contributed by atoms with Crippen molar-refractivity contribution >= 4 is 0 Å². The molecule has 0 spiro atoms. The number of hydrogen-bond acceptors (Lipinski definition) is 2. The Balaban J connectivity index is 1.72. The Morgan fingerprint density at radius 2 is 1.87 bits per heavy atom. The Hall–Kier alpha value is -0.0800. The number of hydrogen-bond donors (Lipinski definition) is 2. The Morgan fingerprint density at radius 3 is 2.40 bits per heavy atom. The fourth-order valence-electron chi connectivity index (χ4n) is 2.59. The lowest BCUT2D eigenvalue weighted by molar-refractivity contribution is -0.00823. The molecule has 2 heteroatoms. The van der Waals surface area contributed by atoms with Gasteiger partial charge < -0.3 is 10.4 Å². The first kappa shape index (κ1) is 11.4. The molecule has 0 aromatic heterocycles. The average Bonchev–Trinajstić information content (AvgIpc) is 3.03. The molecule has 2 N–H and O–H groups in total. The van der Waals surface area contributed by atoms with Gasteiger partial charge in [-0.15, -0.1) is 0 Å². The van der Waals surface area contributed by atoms with Crippen LogP contribution in [-0.2, 0) is 0 Å². The maximum atomic E-state index is 10.4. The quantitative estimate of drug-likeness (QED) is 0.748. The molecule has 2 saturated carbocycles. The Morgan fingerprint density at radius 1 is 1.27 bits per heavy atom. The fraction of sp³-hybridized carbons (Fsp3) is 1.00. The first-order valence-electron chi connectivity index (χ1n) is 6.55. The minimum atomic E-state index is -0.407. The van der Waals surface area contributed by atoms with Gasteiger partial charge in [-0.2, -0.15) is 0 Å². The van der Waals surface area contributed by atoms with Crippen LogP contribution < -0.4 is 5.32 Å². The van der Waals surface area contributed by atoms with E-state index in [9.17, 15) is 5.11 Å². The van der Waals surface area contributed by atoms with E-state index in [4.69, 9.17) is 0 Å². The lowest BCUT2D eigenvalue weighted by Gasteiger charge is -2.36. The van der Waals surface area contributed by atoms with Gasteiger partial charge in [0.05, 0.1) is 5.60 Å². The lowest BCUT2D eigenvalue weighted by atomic mass is 9.79. The van der Waals surface area contributed by atoms with Crippen molar-refractivity contribution in [2.24, 2.45) is 11.8 Å². The Kier molecular flexibility index (Phi) is 3.36. The molecule has 0 radical (unpaired) electrons. The van der Waals surface area contributed by atoms with Crippen molar-refractivity contribution in [2.75, 3.05) is 6.54 Å². The summed E-state index contributed by atoms with van der Waals surface area (Å²) in [5.41, 5.74) is -0.407. The summed E-state index contributed by atoms with van der Waals surface area (Å²) in [4.78, 5) is 0. The molecule has 2 aliphatic carbocycles. The first-order chi connectivity index (χ1) is 7.09. The summed E-state index contributed by atoms with van der Waals surface area (Å²) in [6.45, 7) is 5.35. The monoisotopic (exact) mass is 211 g/mol. The molecule has 2 rings (SSSR count). The van der Waals surface area contributed by atoms with Crippen LogP contribution in [0.3, 0.4) is 0 Å². The maximum Gasteiger partial charge on any atom is 0.0771 e. The molecule has 0 aliphatic heterocycles. The van der Waals surface area contributed by atoms with Crippen LogP contribution in [0.5, 0.6) is 0 Å². The van der Waals surface area contributed by atoms with Gasteiger partial charge in [-0.25, -0.2) is 0 Å². The topological polar surface area (TPSA) is 32.3 Å². The summed E-state index contributed by atoms with van der Waals surface area (Å²) in [5.74, 6) is 1.70. The van der Waals surface area contributed by atoms with Crippen molar-refractivity contribution in [1.29, 1.82) is 0 Å². The highest BCUT2D eigenvalue weighted by molar-refractivity contribution is 4.90. The van der Waals surface area contributed by atoms with Gasteiger partial charge >= 0.3 is 0 Å². The second-order valence-electron chi connectivity index (χ2n) is 5.91. The van der Waals surface area contributed by atoms with Crippen LogP contribution in [0.2, 0.25) is 0 Å². The molecular weight excluding hydrogens is 186 g/mol. The summed E-state index contributed by atoms with van der Waals surface area (Å²) in [5, 5.41) is 13.9. The predicted octanol–water partition coefficient (Wildman–Crippen LogP) is 2.32. The van der Waals surface area contributed by atoms with Gasteiger partial charge in [0.2, 0.25) is 0 Å². The van der Waals surface area contributed by atoms with Crippen molar-refractivity contribution in [3.05, 3.63) is 0 Å². The molecule has 0 bridgehead atoms. The third-order valence-electron chi connectivity index (χ3n) is 4.29. The molecule has 2 fully saturated rings. The molecule has 0 amide bonds. The summed E-state index contributed by atoms with van der Waals surface area (Å²) >= 11 is 0. The van der Waals surface area contributed by atoms with Crippen LogP contribution in [0.4, 0.5) is 0 Å². The van der Waals surface area contributed by atoms with E-state index in [1.165, 1.54) is 25.7 Å². The zero-order valence-electron chi connectivity index (χ0n) is 10.1. The number of rotatable bonds is 4. The summed E-state index contributed by atoms with van der Waals surface area (Å²) < 4.78 is 0. The standard InChI is InChI=1S/C13H25NO/c1-10-5-7-13(15,8-6-10)9-14-11(2)12-3-4-12/h10-12,14-15H,3-9H2,1-2H3. The third-order valence-corrected chi connectivity index (χ3v) is 4.29. The van der Waals surface area contributed by atoms with Crippen LogP contribution in [0.25, 0.3) is 0 Å². The highest BCUT2D eigenvalue weighted by Crippen LogP contribution is 2.34. The minimum Gasteiger partial charge on any atom is -0.389 e. The molecule has 88 valence electrons. The van der Waals surface area contributed by atoms with Gasteiger partial charge in [-0.3, -0.25) is 0 Å². The summed E-state index contributed by atoms with van der Waals surface area (Å²) in [6, 6.07) is 0.605. The van der Waals surface area contributed by atoms with Crippen LogP contribution in [-0.4, -0.2) is 23.3 Å². The van der Waals surface area contributed by atoms with E-state index in [-0.39, 0.29) is 0 Å². The van der Waals surface area contributed by atoms with E-state index in [1.54, 1.807) is 0 Å². The molecule has 2 aliphatic rings. The van der Waals surface area contributed by atoms with E-state index in [0.717, 1.165) is 31.2 Å². The zero-order valence-corrected chi connectivity index (χ0v) is 10.1. The van der Waals surface area contributed by atoms with E-state index < -0.39 is 5.60 Å². The molecule has 0 saturated heterocycles. The molecule has 1 atom stereocenters. The van der Waals surface area contributed by atoms with Gasteiger partial charge in [0.15, 0.2) is 0 Å². The van der Waals surface area contributed by atoms with Gasteiger partial charge in [0, 0.05) is 12.6 Å². The largest absolute Gasteiger partial charge is 0.389 e. The maximum absolute atomic E-state index is 10.4. The van der Waals surface area contributed by atoms with Gasteiger partial charge in [0.25, 0.3) is 0 Å². The summed E-state index contributed by atoms with van der Waals surface area (Å²) in [7, 11) is 0. The molecule has 0 aromatic rings. The fourth-order valence-corrected chi connectivity index (χ4v) is 2.59. The predicted molar refractivity (Wildman–Crippen MR) is 62.8 cm³/mol. The average molecular weight is 211 g/mol. The van der Waals surface area contributed by atoms with Gasteiger partial charge in [0.1, 0.15) is 0 Å². The van der Waals surface area contributed by atoms with Gasteiger partial charge in [-0.05, 0) is 57.3 Å².